The van der Waals surface area contributed by atoms with Crippen LogP contribution in [0.3, 0.4) is 0 Å². The van der Waals surface area contributed by atoms with E-state index in [-0.39, 0.29) is 11.0 Å². The average molecular weight is 413 g/mol. The normalized spacial score (nSPS) is 11.6. The molecule has 0 heterocycles. The molecule has 0 saturated carbocycles. The number of hydrogen-bond acceptors (Lipinski definition) is 6. The van der Waals surface area contributed by atoms with Gasteiger partial charge >= 0.3 is 0 Å². The molecule has 0 fully saturated rings. The van der Waals surface area contributed by atoms with Gasteiger partial charge in [0.25, 0.3) is 10.0 Å². The molecular weight excluding hydrogens is 392 g/mol. The molecule has 146 valence electrons. The summed E-state index contributed by atoms with van der Waals surface area (Å²) in [6, 6.07) is 9.28. The molecule has 7 nitrogen and oxygen atoms in total. The first kappa shape index (κ1) is 20.9. The van der Waals surface area contributed by atoms with Gasteiger partial charge < -0.3 is 14.2 Å². The molecule has 0 aliphatic heterocycles. The smallest absolute Gasteiger partial charge is 0.276 e. The Hall–Kier alpha value is -2.45. The minimum Gasteiger partial charge on any atom is -0.493 e. The molecule has 0 saturated heterocycles. The lowest BCUT2D eigenvalue weighted by Gasteiger charge is -2.10. The van der Waals surface area contributed by atoms with Crippen molar-refractivity contribution in [1.29, 1.82) is 0 Å². The fourth-order valence-corrected chi connectivity index (χ4v) is 3.29. The number of ether oxygens (including phenoxy) is 3. The van der Waals surface area contributed by atoms with Crippen molar-refractivity contribution in [2.45, 2.75) is 24.8 Å². The number of methoxy groups -OCH3 is 2. The molecule has 0 spiro atoms. The van der Waals surface area contributed by atoms with E-state index in [1.165, 1.54) is 32.6 Å². The summed E-state index contributed by atoms with van der Waals surface area (Å²) >= 11 is 6.11. The Morgan fingerprint density at radius 2 is 1.78 bits per heavy atom. The number of nitrogens with zero attached hydrogens (tertiary/aromatic N) is 1. The maximum absolute atomic E-state index is 12.3. The molecular formula is C18H21ClN2O5S. The molecule has 2 rings (SSSR count). The topological polar surface area (TPSA) is 86.2 Å². The third-order valence-corrected chi connectivity index (χ3v) is 4.87. The average Bonchev–Trinajstić information content (AvgIpc) is 2.61. The summed E-state index contributed by atoms with van der Waals surface area (Å²) in [7, 11) is -0.855. The molecule has 0 amide bonds. The van der Waals surface area contributed by atoms with Gasteiger partial charge in [-0.25, -0.2) is 4.83 Å². The number of nitrogens with one attached hydrogen (secondary N) is 1. The van der Waals surface area contributed by atoms with Crippen molar-refractivity contribution in [3.8, 4) is 17.2 Å². The van der Waals surface area contributed by atoms with E-state index in [4.69, 9.17) is 25.8 Å². The van der Waals surface area contributed by atoms with Crippen LogP contribution in [0.4, 0.5) is 0 Å². The molecule has 0 radical (unpaired) electrons. The highest BCUT2D eigenvalue weighted by molar-refractivity contribution is 7.89. The van der Waals surface area contributed by atoms with E-state index >= 15 is 0 Å². The van der Waals surface area contributed by atoms with Crippen LogP contribution in [0.15, 0.2) is 46.4 Å². The fraction of sp³-hybridized carbons (Fsp3) is 0.278. The third-order valence-electron chi connectivity index (χ3n) is 3.35. The van der Waals surface area contributed by atoms with Crippen molar-refractivity contribution in [3.05, 3.63) is 47.0 Å². The fourth-order valence-electron chi connectivity index (χ4n) is 2.20. The van der Waals surface area contributed by atoms with Gasteiger partial charge in [-0.15, -0.1) is 0 Å². The van der Waals surface area contributed by atoms with Gasteiger partial charge in [-0.2, -0.15) is 13.5 Å². The minimum atomic E-state index is -3.81. The predicted molar refractivity (Wildman–Crippen MR) is 105 cm³/mol. The van der Waals surface area contributed by atoms with Gasteiger partial charge in [0.1, 0.15) is 5.75 Å². The second kappa shape index (κ2) is 8.96. The van der Waals surface area contributed by atoms with Gasteiger partial charge in [-0.3, -0.25) is 0 Å². The third kappa shape index (κ3) is 5.51. The van der Waals surface area contributed by atoms with Crippen LogP contribution < -0.4 is 19.0 Å². The SMILES string of the molecule is COc1cc(/C=N/NS(=O)(=O)c2ccc(OC(C)C)cc2)cc(Cl)c1OC. The summed E-state index contributed by atoms with van der Waals surface area (Å²) in [6.45, 7) is 3.78. The number of hydrazone groups is 1. The zero-order valence-electron chi connectivity index (χ0n) is 15.4. The molecule has 0 aromatic heterocycles. The lowest BCUT2D eigenvalue weighted by atomic mass is 10.2. The molecule has 0 atom stereocenters. The number of hydrogen-bond donors (Lipinski definition) is 1. The predicted octanol–water partition coefficient (Wildman–Crippen LogP) is 3.46. The van der Waals surface area contributed by atoms with E-state index in [1.807, 2.05) is 13.8 Å². The number of benzene rings is 2. The van der Waals surface area contributed by atoms with Crippen LogP contribution in [-0.4, -0.2) is 35.0 Å². The maximum atomic E-state index is 12.3. The summed E-state index contributed by atoms with van der Waals surface area (Å²) < 4.78 is 40.5. The van der Waals surface area contributed by atoms with E-state index < -0.39 is 10.0 Å². The van der Waals surface area contributed by atoms with Crippen LogP contribution in [0.25, 0.3) is 0 Å². The first-order valence-corrected chi connectivity index (χ1v) is 9.86. The monoisotopic (exact) mass is 412 g/mol. The van der Waals surface area contributed by atoms with Crippen molar-refractivity contribution in [2.24, 2.45) is 5.10 Å². The largest absolute Gasteiger partial charge is 0.493 e. The Morgan fingerprint density at radius 3 is 2.33 bits per heavy atom. The van der Waals surface area contributed by atoms with E-state index in [1.54, 1.807) is 24.3 Å². The molecule has 1 N–H and O–H groups in total. The van der Waals surface area contributed by atoms with Crippen LogP contribution in [0, 0.1) is 0 Å². The zero-order chi connectivity index (χ0) is 20.0. The minimum absolute atomic E-state index is 0.00324. The van der Waals surface area contributed by atoms with Gasteiger partial charge in [-0.05, 0) is 55.8 Å². The van der Waals surface area contributed by atoms with Crippen molar-refractivity contribution in [1.82, 2.24) is 4.83 Å². The van der Waals surface area contributed by atoms with Gasteiger partial charge in [-0.1, -0.05) is 11.6 Å². The molecule has 0 bridgehead atoms. The second-order valence-corrected chi connectivity index (χ2v) is 7.80. The molecule has 2 aromatic carbocycles. The van der Waals surface area contributed by atoms with Crippen LogP contribution in [-0.2, 0) is 10.0 Å². The Kier molecular flexibility index (Phi) is 6.92. The Bertz CT molecular complexity index is 912. The first-order valence-electron chi connectivity index (χ1n) is 8.00. The molecule has 9 heteroatoms. The lowest BCUT2D eigenvalue weighted by Crippen LogP contribution is -2.18. The Morgan fingerprint density at radius 1 is 1.11 bits per heavy atom. The van der Waals surface area contributed by atoms with Gasteiger partial charge in [0.05, 0.1) is 36.5 Å². The maximum Gasteiger partial charge on any atom is 0.276 e. The van der Waals surface area contributed by atoms with Gasteiger partial charge in [0, 0.05) is 0 Å². The van der Waals surface area contributed by atoms with Crippen molar-refractivity contribution in [3.63, 3.8) is 0 Å². The number of sulfonamides is 1. The Balaban J connectivity index is 2.14. The quantitative estimate of drug-likeness (QED) is 0.530. The summed E-state index contributed by atoms with van der Waals surface area (Å²) in [5.74, 6) is 1.39. The lowest BCUT2D eigenvalue weighted by molar-refractivity contribution is 0.242. The highest BCUT2D eigenvalue weighted by Gasteiger charge is 2.13. The number of halogens is 1. The van der Waals surface area contributed by atoms with Crippen LogP contribution in [0.2, 0.25) is 5.02 Å². The summed E-state index contributed by atoms with van der Waals surface area (Å²) in [6.07, 6.45) is 1.32. The van der Waals surface area contributed by atoms with Crippen LogP contribution in [0.5, 0.6) is 17.2 Å². The molecule has 27 heavy (non-hydrogen) atoms. The highest BCUT2D eigenvalue weighted by Crippen LogP contribution is 2.35. The van der Waals surface area contributed by atoms with E-state index in [0.717, 1.165) is 0 Å². The van der Waals surface area contributed by atoms with Crippen molar-refractivity contribution in [2.75, 3.05) is 14.2 Å². The Labute approximate surface area is 163 Å². The van der Waals surface area contributed by atoms with Crippen molar-refractivity contribution >= 4 is 27.8 Å². The van der Waals surface area contributed by atoms with Gasteiger partial charge in [0.2, 0.25) is 0 Å². The van der Waals surface area contributed by atoms with Gasteiger partial charge in [0.15, 0.2) is 11.5 Å². The van der Waals surface area contributed by atoms with E-state index in [2.05, 4.69) is 9.93 Å². The van der Waals surface area contributed by atoms with E-state index in [0.29, 0.717) is 27.8 Å². The molecule has 0 aliphatic rings. The second-order valence-electron chi connectivity index (χ2n) is 5.73. The van der Waals surface area contributed by atoms with Crippen LogP contribution >= 0.6 is 11.6 Å². The molecule has 2 aromatic rings. The highest BCUT2D eigenvalue weighted by atomic mass is 35.5. The van der Waals surface area contributed by atoms with Crippen molar-refractivity contribution < 1.29 is 22.6 Å². The van der Waals surface area contributed by atoms with Crippen LogP contribution in [0.1, 0.15) is 19.4 Å². The van der Waals surface area contributed by atoms with E-state index in [9.17, 15) is 8.42 Å². The zero-order valence-corrected chi connectivity index (χ0v) is 17.0. The first-order chi connectivity index (χ1) is 12.8. The standard InChI is InChI=1S/C18H21ClN2O5S/c1-12(2)26-14-5-7-15(8-6-14)27(22,23)21-20-11-13-9-16(19)18(25-4)17(10-13)24-3/h5-12,21H,1-4H3/b20-11+. The summed E-state index contributed by atoms with van der Waals surface area (Å²) in [5, 5.41) is 4.10. The number of rotatable bonds is 8. The summed E-state index contributed by atoms with van der Waals surface area (Å²) in [4.78, 5) is 2.23. The molecule has 0 unspecified atom stereocenters. The molecule has 0 aliphatic carbocycles. The summed E-state index contributed by atoms with van der Waals surface area (Å²) in [5.41, 5.74) is 0.543.